The lowest BCUT2D eigenvalue weighted by Crippen LogP contribution is -2.05. The summed E-state index contributed by atoms with van der Waals surface area (Å²) in [5.41, 5.74) is 20.9. The summed E-state index contributed by atoms with van der Waals surface area (Å²) in [6.07, 6.45) is 5.63. The van der Waals surface area contributed by atoms with E-state index in [2.05, 4.69) is 255 Å². The number of rotatable bonds is 9. The lowest BCUT2D eigenvalue weighted by Gasteiger charge is -2.21. The average molecular weight is 1120 g/mol. The van der Waals surface area contributed by atoms with Gasteiger partial charge in [0.05, 0.1) is 33.8 Å². The van der Waals surface area contributed by atoms with E-state index in [0.29, 0.717) is 5.82 Å². The average Bonchev–Trinajstić information content (AvgIpc) is 3.04. The number of para-hydroxylation sites is 2. The maximum Gasteiger partial charge on any atom is 0.161 e. The number of nitrogens with zero attached hydrogens (tertiary/aromatic N) is 6. The van der Waals surface area contributed by atoms with Gasteiger partial charge in [0.25, 0.3) is 0 Å². The number of fused-ring (bicyclic) bond motifs is 2. The fourth-order valence-electron chi connectivity index (χ4n) is 13.9. The number of benzene rings is 13. The summed E-state index contributed by atoms with van der Waals surface area (Å²) in [7, 11) is 0. The lowest BCUT2D eigenvalue weighted by molar-refractivity contribution is 0.966. The van der Waals surface area contributed by atoms with E-state index in [0.717, 1.165) is 135 Å². The quantitative estimate of drug-likeness (QED) is 0.134. The van der Waals surface area contributed by atoms with Crippen molar-refractivity contribution in [1.82, 2.24) is 29.9 Å². The molecule has 0 fully saturated rings. The molecule has 0 bridgehead atoms. The third-order valence-electron chi connectivity index (χ3n) is 18.3. The van der Waals surface area contributed by atoms with Gasteiger partial charge in [-0.3, -0.25) is 9.97 Å². The molecule has 4 heterocycles. The van der Waals surface area contributed by atoms with Gasteiger partial charge in [0.2, 0.25) is 0 Å². The van der Waals surface area contributed by atoms with E-state index < -0.39 is 0 Å². The third kappa shape index (κ3) is 8.25. The van der Waals surface area contributed by atoms with Crippen molar-refractivity contribution >= 4 is 75.7 Å². The highest BCUT2D eigenvalue weighted by atomic mass is 14.9. The monoisotopic (exact) mass is 1120 g/mol. The van der Waals surface area contributed by atoms with Gasteiger partial charge in [0.15, 0.2) is 11.6 Å². The first-order chi connectivity index (χ1) is 43.6. The summed E-state index contributed by atoms with van der Waals surface area (Å²) in [4.78, 5) is 31.2. The minimum atomic E-state index is 0.682. The van der Waals surface area contributed by atoms with Crippen molar-refractivity contribution in [3.05, 3.63) is 290 Å². The highest BCUT2D eigenvalue weighted by Crippen LogP contribution is 2.43. The number of hydrogen-bond acceptors (Lipinski definition) is 6. The fourth-order valence-corrected chi connectivity index (χ4v) is 13.9. The molecule has 0 saturated heterocycles. The van der Waals surface area contributed by atoms with Gasteiger partial charge in [-0.25, -0.2) is 19.9 Å². The van der Waals surface area contributed by atoms with E-state index in [1.165, 1.54) is 59.6 Å². The van der Waals surface area contributed by atoms with Crippen molar-refractivity contribution < 1.29 is 0 Å². The Labute approximate surface area is 507 Å². The molecule has 18 rings (SSSR count). The van der Waals surface area contributed by atoms with Crippen molar-refractivity contribution in [2.45, 2.75) is 12.8 Å². The largest absolute Gasteiger partial charge is 0.256 e. The third-order valence-corrected chi connectivity index (χ3v) is 18.3. The zero-order chi connectivity index (χ0) is 57.8. The van der Waals surface area contributed by atoms with Gasteiger partial charge in [0, 0.05) is 67.7 Å². The summed E-state index contributed by atoms with van der Waals surface area (Å²) in [6, 6.07) is 95.8. The van der Waals surface area contributed by atoms with Gasteiger partial charge in [-0.1, -0.05) is 237 Å². The van der Waals surface area contributed by atoms with Crippen molar-refractivity contribution in [1.29, 1.82) is 0 Å². The topological polar surface area (TPSA) is 77.3 Å². The highest BCUT2D eigenvalue weighted by Gasteiger charge is 2.23. The van der Waals surface area contributed by atoms with Crippen molar-refractivity contribution in [3.63, 3.8) is 0 Å². The zero-order valence-corrected chi connectivity index (χ0v) is 47.7. The fraction of sp³-hybridized carbons (Fsp3) is 0.0244. The summed E-state index contributed by atoms with van der Waals surface area (Å²) >= 11 is 0. The highest BCUT2D eigenvalue weighted by molar-refractivity contribution is 6.25. The van der Waals surface area contributed by atoms with Crippen LogP contribution in [-0.4, -0.2) is 29.9 Å². The molecule has 4 aromatic heterocycles. The molecule has 408 valence electrons. The minimum Gasteiger partial charge on any atom is -0.256 e. The van der Waals surface area contributed by atoms with Gasteiger partial charge in [-0.05, 0) is 130 Å². The van der Waals surface area contributed by atoms with Crippen LogP contribution in [0.15, 0.2) is 279 Å². The Morgan fingerprint density at radius 3 is 1.14 bits per heavy atom. The maximum atomic E-state index is 5.45. The van der Waals surface area contributed by atoms with Crippen LogP contribution in [0.25, 0.3) is 177 Å². The van der Waals surface area contributed by atoms with Crippen LogP contribution in [0.2, 0.25) is 0 Å². The van der Waals surface area contributed by atoms with Gasteiger partial charge < -0.3 is 0 Å². The smallest absolute Gasteiger partial charge is 0.161 e. The standard InChI is InChI=1S/C82H50N6/c1-7-57-33-35-61-39-43-69(67-41-37-59(9-1)75(57)77(61)67)81-85-71(47-73(87-81)55-29-21-51(22-30-55)65-15-3-11-63-13-5-45-83-79(63)65)53-25-17-49(18-26-53)50-19-27-54(28-20-50)72-48-74(56-31-23-52(24-32-56)66-16-4-12-64-14-6-46-84-80(64)66)88-82(86-72)70-44-40-62-36-34-58-8-2-10-60-38-42-68(70)78(62)76(58)60/h1-37,39-41,43-48H,38,42H2. The molecule has 6 nitrogen and oxygen atoms in total. The Morgan fingerprint density at radius 1 is 0.239 bits per heavy atom. The van der Waals surface area contributed by atoms with Crippen LogP contribution in [-0.2, 0) is 12.8 Å². The molecule has 0 atom stereocenters. The summed E-state index contributed by atoms with van der Waals surface area (Å²) in [5.74, 6) is 1.41. The van der Waals surface area contributed by atoms with Crippen LogP contribution in [0, 0.1) is 0 Å². The second-order valence-corrected chi connectivity index (χ2v) is 23.2. The summed E-state index contributed by atoms with van der Waals surface area (Å²) in [6.45, 7) is 0. The number of aryl methyl sites for hydroxylation is 2. The molecule has 0 radical (unpaired) electrons. The molecule has 0 spiro atoms. The van der Waals surface area contributed by atoms with Crippen LogP contribution >= 0.6 is 0 Å². The molecule has 0 saturated carbocycles. The maximum absolute atomic E-state index is 5.45. The second kappa shape index (κ2) is 20.0. The van der Waals surface area contributed by atoms with Crippen molar-refractivity contribution in [3.8, 4) is 101 Å². The predicted molar refractivity (Wildman–Crippen MR) is 363 cm³/mol. The molecule has 6 heteroatoms. The molecule has 0 amide bonds. The molecule has 13 aromatic carbocycles. The first kappa shape index (κ1) is 49.8. The van der Waals surface area contributed by atoms with Crippen LogP contribution in [0.3, 0.4) is 0 Å². The van der Waals surface area contributed by atoms with Crippen LogP contribution in [0.5, 0.6) is 0 Å². The molecule has 0 unspecified atom stereocenters. The normalized spacial score (nSPS) is 12.2. The van der Waals surface area contributed by atoms with E-state index in [4.69, 9.17) is 29.9 Å². The van der Waals surface area contributed by atoms with Crippen LogP contribution < -0.4 is 0 Å². The van der Waals surface area contributed by atoms with Gasteiger partial charge in [-0.15, -0.1) is 0 Å². The Kier molecular flexibility index (Phi) is 11.3. The Bertz CT molecular complexity index is 5630. The summed E-state index contributed by atoms with van der Waals surface area (Å²) < 4.78 is 0. The molecule has 1 aliphatic carbocycles. The first-order valence-corrected chi connectivity index (χ1v) is 30.1. The lowest BCUT2D eigenvalue weighted by atomic mass is 9.84. The van der Waals surface area contributed by atoms with Gasteiger partial charge in [-0.2, -0.15) is 0 Å². The van der Waals surface area contributed by atoms with E-state index in [1.54, 1.807) is 0 Å². The Hall–Kier alpha value is -11.6. The van der Waals surface area contributed by atoms with E-state index in [-0.39, 0.29) is 0 Å². The first-order valence-electron chi connectivity index (χ1n) is 30.1. The van der Waals surface area contributed by atoms with Gasteiger partial charge in [0.1, 0.15) is 0 Å². The summed E-state index contributed by atoms with van der Waals surface area (Å²) in [5, 5.41) is 14.7. The van der Waals surface area contributed by atoms with E-state index >= 15 is 0 Å². The molecular formula is C82H50N6. The van der Waals surface area contributed by atoms with Crippen LogP contribution in [0.4, 0.5) is 0 Å². The number of hydrogen-bond donors (Lipinski definition) is 0. The molecular weight excluding hydrogens is 1070 g/mol. The molecule has 0 aliphatic heterocycles. The molecule has 88 heavy (non-hydrogen) atoms. The van der Waals surface area contributed by atoms with Crippen molar-refractivity contribution in [2.75, 3.05) is 0 Å². The zero-order valence-electron chi connectivity index (χ0n) is 47.7. The van der Waals surface area contributed by atoms with E-state index in [9.17, 15) is 0 Å². The molecule has 0 N–H and O–H groups in total. The Balaban J connectivity index is 0.715. The van der Waals surface area contributed by atoms with E-state index in [1.807, 2.05) is 24.5 Å². The predicted octanol–water partition coefficient (Wildman–Crippen LogP) is 20.7. The molecule has 17 aromatic rings. The van der Waals surface area contributed by atoms with Crippen molar-refractivity contribution in [2.24, 2.45) is 0 Å². The minimum absolute atomic E-state index is 0.682. The van der Waals surface area contributed by atoms with Gasteiger partial charge >= 0.3 is 0 Å². The SMILES string of the molecule is c1cnc2c(-c3ccc(-c4cc(-c5ccc(-c6ccc(-c7cc(-c8ccc(-c9cccc%10cccnc9%10)cc8)nc(-c8ccc9ccc%10cccc%11ccc8c9c%10%11)n7)cc6)cc5)nc(-c5ccc6ccc7cccc8c7c6c5CC8)n4)cc3)cccc2c1. The Morgan fingerprint density at radius 2 is 0.614 bits per heavy atom. The molecule has 1 aliphatic rings. The van der Waals surface area contributed by atoms with Crippen LogP contribution in [0.1, 0.15) is 11.1 Å². The number of pyridine rings is 2. The second-order valence-electron chi connectivity index (χ2n) is 23.2. The number of aromatic nitrogens is 6.